The van der Waals surface area contributed by atoms with E-state index in [-0.39, 0.29) is 18.6 Å². The molecule has 1 unspecified atom stereocenters. The Labute approximate surface area is 163 Å². The second kappa shape index (κ2) is 9.28. The Morgan fingerprint density at radius 3 is 2.58 bits per heavy atom. The molecule has 2 rings (SSSR count). The third kappa shape index (κ3) is 5.26. The van der Waals surface area contributed by atoms with Gasteiger partial charge in [-0.3, -0.25) is 4.79 Å². The Balaban J connectivity index is 2.03. The fourth-order valence-electron chi connectivity index (χ4n) is 2.32. The van der Waals surface area contributed by atoms with Crippen LogP contribution in [0.15, 0.2) is 48.5 Å². The summed E-state index contributed by atoms with van der Waals surface area (Å²) in [5.74, 6) is 0.464. The number of likely N-dealkylation sites (N-methyl/N-ethyl adjacent to an activating group) is 1. The highest BCUT2D eigenvalue weighted by Crippen LogP contribution is 2.29. The number of halogens is 2. The number of ether oxygens (including phenoxy) is 1. The van der Waals surface area contributed by atoms with Crippen LogP contribution in [0.25, 0.3) is 6.08 Å². The second-order valence-corrected chi connectivity index (χ2v) is 6.48. The van der Waals surface area contributed by atoms with Gasteiger partial charge in [-0.1, -0.05) is 41.4 Å². The predicted octanol–water partition coefficient (Wildman–Crippen LogP) is 5.13. The molecule has 1 amide bonds. The summed E-state index contributed by atoms with van der Waals surface area (Å²) in [6, 6.07) is 14.1. The molecule has 0 aromatic heterocycles. The van der Waals surface area contributed by atoms with E-state index in [2.05, 4.69) is 0 Å². The number of amides is 1. The zero-order chi connectivity index (χ0) is 19.1. The molecule has 2 aromatic rings. The first kappa shape index (κ1) is 19.8. The molecule has 0 aliphatic carbocycles. The topological polar surface area (TPSA) is 53.3 Å². The van der Waals surface area contributed by atoms with Crippen molar-refractivity contribution >= 4 is 35.2 Å². The van der Waals surface area contributed by atoms with Crippen molar-refractivity contribution in [2.45, 2.75) is 13.0 Å². The minimum Gasteiger partial charge on any atom is -0.479 e. The summed E-state index contributed by atoms with van der Waals surface area (Å²) in [7, 11) is 1.72. The molecule has 2 aromatic carbocycles. The van der Waals surface area contributed by atoms with E-state index < -0.39 is 0 Å². The molecule has 0 radical (unpaired) electrons. The molecule has 0 aliphatic rings. The third-order valence-corrected chi connectivity index (χ3v) is 4.51. The Hall–Kier alpha value is -2.48. The van der Waals surface area contributed by atoms with Crippen molar-refractivity contribution in [3.05, 3.63) is 69.7 Å². The summed E-state index contributed by atoms with van der Waals surface area (Å²) >= 11 is 12.1. The maximum absolute atomic E-state index is 12.4. The standard InChI is InChI=1S/C20H18Cl2N2O2/c1-14(18-9-6-16(21)13-19(18)22)24(2)20(25)10-5-15-3-7-17(8-4-15)26-12-11-23/h3-10,13-14H,12H2,1-2H3/b10-5+. The largest absolute Gasteiger partial charge is 0.479 e. The van der Waals surface area contributed by atoms with E-state index in [1.165, 1.54) is 6.08 Å². The molecule has 0 aliphatic heterocycles. The average Bonchev–Trinajstić information content (AvgIpc) is 2.64. The van der Waals surface area contributed by atoms with Crippen LogP contribution in [0.4, 0.5) is 0 Å². The maximum atomic E-state index is 12.4. The van der Waals surface area contributed by atoms with Gasteiger partial charge in [0.2, 0.25) is 5.91 Å². The minimum atomic E-state index is -0.196. The van der Waals surface area contributed by atoms with Gasteiger partial charge in [0, 0.05) is 23.2 Å². The van der Waals surface area contributed by atoms with Crippen molar-refractivity contribution in [2.24, 2.45) is 0 Å². The second-order valence-electron chi connectivity index (χ2n) is 5.64. The molecule has 1 atom stereocenters. The highest BCUT2D eigenvalue weighted by molar-refractivity contribution is 6.35. The molecule has 0 heterocycles. The summed E-state index contributed by atoms with van der Waals surface area (Å²) in [5.41, 5.74) is 1.69. The molecule has 0 N–H and O–H groups in total. The summed E-state index contributed by atoms with van der Waals surface area (Å²) in [6.45, 7) is 1.91. The third-order valence-electron chi connectivity index (χ3n) is 3.94. The number of nitrogens with zero attached hydrogens (tertiary/aromatic N) is 2. The van der Waals surface area contributed by atoms with Gasteiger partial charge < -0.3 is 9.64 Å². The molecule has 0 fully saturated rings. The highest BCUT2D eigenvalue weighted by Gasteiger charge is 2.18. The molecule has 0 bridgehead atoms. The zero-order valence-corrected chi connectivity index (χ0v) is 16.0. The fraction of sp³-hybridized carbons (Fsp3) is 0.200. The van der Waals surface area contributed by atoms with Gasteiger partial charge in [0.05, 0.1) is 6.04 Å². The molecule has 26 heavy (non-hydrogen) atoms. The molecule has 0 saturated carbocycles. The normalized spacial score (nSPS) is 11.8. The number of rotatable bonds is 6. The van der Waals surface area contributed by atoms with Crippen molar-refractivity contribution in [1.82, 2.24) is 4.90 Å². The van der Waals surface area contributed by atoms with Crippen LogP contribution >= 0.6 is 23.2 Å². The first-order chi connectivity index (χ1) is 12.4. The minimum absolute atomic E-state index is 0.00358. The van der Waals surface area contributed by atoms with Crippen LogP contribution in [0.1, 0.15) is 24.1 Å². The van der Waals surface area contributed by atoms with Crippen LogP contribution in [-0.4, -0.2) is 24.5 Å². The number of benzene rings is 2. The van der Waals surface area contributed by atoms with E-state index in [4.69, 9.17) is 33.2 Å². The van der Waals surface area contributed by atoms with Gasteiger partial charge in [-0.25, -0.2) is 0 Å². The van der Waals surface area contributed by atoms with Crippen LogP contribution < -0.4 is 4.74 Å². The smallest absolute Gasteiger partial charge is 0.246 e. The molecular weight excluding hydrogens is 371 g/mol. The lowest BCUT2D eigenvalue weighted by Gasteiger charge is -2.25. The van der Waals surface area contributed by atoms with Crippen molar-refractivity contribution in [3.8, 4) is 11.8 Å². The Bertz CT molecular complexity index is 842. The van der Waals surface area contributed by atoms with E-state index in [9.17, 15) is 4.79 Å². The van der Waals surface area contributed by atoms with E-state index in [1.54, 1.807) is 42.3 Å². The molecule has 4 nitrogen and oxygen atoms in total. The summed E-state index contributed by atoms with van der Waals surface area (Å²) in [6.07, 6.45) is 3.23. The van der Waals surface area contributed by atoms with Crippen molar-refractivity contribution in [1.29, 1.82) is 5.26 Å². The van der Waals surface area contributed by atoms with Gasteiger partial charge in [-0.05, 0) is 48.4 Å². The van der Waals surface area contributed by atoms with Gasteiger partial charge >= 0.3 is 0 Å². The number of hydrogen-bond donors (Lipinski definition) is 0. The van der Waals surface area contributed by atoms with Crippen LogP contribution in [-0.2, 0) is 4.79 Å². The number of carbonyl (C=O) groups is 1. The number of carbonyl (C=O) groups excluding carboxylic acids is 1. The monoisotopic (exact) mass is 388 g/mol. The Morgan fingerprint density at radius 1 is 1.27 bits per heavy atom. The van der Waals surface area contributed by atoms with Crippen LogP contribution in [0.5, 0.6) is 5.75 Å². The first-order valence-corrected chi connectivity index (χ1v) is 8.67. The Morgan fingerprint density at radius 2 is 1.96 bits per heavy atom. The SMILES string of the molecule is CC(c1ccc(Cl)cc1Cl)N(C)C(=O)/C=C/c1ccc(OCC#N)cc1. The highest BCUT2D eigenvalue weighted by atomic mass is 35.5. The molecule has 0 spiro atoms. The van der Waals surface area contributed by atoms with Gasteiger partial charge in [-0.15, -0.1) is 0 Å². The maximum Gasteiger partial charge on any atom is 0.246 e. The van der Waals surface area contributed by atoms with Gasteiger partial charge in [0.1, 0.15) is 11.8 Å². The predicted molar refractivity (Wildman–Crippen MR) is 104 cm³/mol. The Kier molecular flexibility index (Phi) is 7.08. The molecule has 134 valence electrons. The summed E-state index contributed by atoms with van der Waals surface area (Å²) in [5, 5.41) is 9.58. The van der Waals surface area contributed by atoms with E-state index in [0.29, 0.717) is 15.8 Å². The summed E-state index contributed by atoms with van der Waals surface area (Å²) in [4.78, 5) is 14.0. The van der Waals surface area contributed by atoms with E-state index in [0.717, 1.165) is 11.1 Å². The lowest BCUT2D eigenvalue weighted by atomic mass is 10.1. The number of hydrogen-bond acceptors (Lipinski definition) is 3. The van der Waals surface area contributed by atoms with Crippen molar-refractivity contribution in [3.63, 3.8) is 0 Å². The molecule has 6 heteroatoms. The van der Waals surface area contributed by atoms with Crippen LogP contribution in [0, 0.1) is 11.3 Å². The zero-order valence-electron chi connectivity index (χ0n) is 14.4. The molecular formula is C20H18Cl2N2O2. The van der Waals surface area contributed by atoms with Crippen molar-refractivity contribution < 1.29 is 9.53 Å². The fourth-order valence-corrected chi connectivity index (χ4v) is 2.88. The van der Waals surface area contributed by atoms with Gasteiger partial charge in [0.25, 0.3) is 0 Å². The van der Waals surface area contributed by atoms with Crippen LogP contribution in [0.3, 0.4) is 0 Å². The first-order valence-electron chi connectivity index (χ1n) is 7.92. The van der Waals surface area contributed by atoms with Crippen LogP contribution in [0.2, 0.25) is 10.0 Å². The van der Waals surface area contributed by atoms with E-state index in [1.807, 2.05) is 31.2 Å². The average molecular weight is 389 g/mol. The summed E-state index contributed by atoms with van der Waals surface area (Å²) < 4.78 is 5.19. The number of nitriles is 1. The van der Waals surface area contributed by atoms with Crippen molar-refractivity contribution in [2.75, 3.05) is 13.7 Å². The molecule has 0 saturated heterocycles. The quantitative estimate of drug-likeness (QED) is 0.644. The lowest BCUT2D eigenvalue weighted by Crippen LogP contribution is -2.28. The van der Waals surface area contributed by atoms with Gasteiger partial charge in [-0.2, -0.15) is 5.26 Å². The lowest BCUT2D eigenvalue weighted by molar-refractivity contribution is -0.126. The van der Waals surface area contributed by atoms with Gasteiger partial charge in [0.15, 0.2) is 6.61 Å². The van der Waals surface area contributed by atoms with E-state index >= 15 is 0 Å².